The first-order valence-corrected chi connectivity index (χ1v) is 4.49. The van der Waals surface area contributed by atoms with E-state index in [4.69, 9.17) is 9.29 Å². The molecule has 1 N–H and O–H groups in total. The second-order valence-corrected chi connectivity index (χ2v) is 3.42. The van der Waals surface area contributed by atoms with Crippen molar-refractivity contribution in [2.24, 2.45) is 0 Å². The topological polar surface area (TPSA) is 29.5 Å². The van der Waals surface area contributed by atoms with Crippen LogP contribution in [0.1, 0.15) is 0 Å². The Morgan fingerprint density at radius 2 is 2.27 bits per heavy atom. The number of ether oxygens (including phenoxy) is 1. The van der Waals surface area contributed by atoms with E-state index < -0.39 is 0 Å². The Morgan fingerprint density at radius 3 is 2.82 bits per heavy atom. The van der Waals surface area contributed by atoms with Gasteiger partial charge in [-0.05, 0) is 18.2 Å². The van der Waals surface area contributed by atoms with Crippen molar-refractivity contribution in [3.8, 4) is 5.75 Å². The third-order valence-corrected chi connectivity index (χ3v) is 2.23. The lowest BCUT2D eigenvalue weighted by Crippen LogP contribution is -1.84. The van der Waals surface area contributed by atoms with E-state index in [1.807, 2.05) is 6.07 Å². The summed E-state index contributed by atoms with van der Waals surface area (Å²) in [4.78, 5) is 0.710. The molecule has 0 aliphatic rings. The summed E-state index contributed by atoms with van der Waals surface area (Å²) < 4.78 is 14.7. The van der Waals surface area contributed by atoms with Crippen LogP contribution in [0.5, 0.6) is 5.75 Å². The van der Waals surface area contributed by atoms with Gasteiger partial charge in [0.2, 0.25) is 0 Å². The fourth-order valence-corrected chi connectivity index (χ4v) is 1.66. The third-order valence-electron chi connectivity index (χ3n) is 1.22. The minimum absolute atomic E-state index is 0.679. The second kappa shape index (κ2) is 3.99. The van der Waals surface area contributed by atoms with Gasteiger partial charge < -0.3 is 9.29 Å². The molecule has 0 spiro atoms. The van der Waals surface area contributed by atoms with Crippen LogP contribution in [0, 0.1) is 0 Å². The Hall–Kier alpha value is -0.190. The first-order chi connectivity index (χ1) is 5.27. The molecule has 0 unspecified atom stereocenters. The van der Waals surface area contributed by atoms with Gasteiger partial charge in [-0.25, -0.2) is 0 Å². The van der Waals surface area contributed by atoms with E-state index >= 15 is 0 Å². The van der Waals surface area contributed by atoms with Crippen molar-refractivity contribution in [2.45, 2.75) is 4.90 Å². The highest BCUT2D eigenvalue weighted by molar-refractivity contribution is 9.10. The quantitative estimate of drug-likeness (QED) is 0.799. The molecule has 1 aromatic rings. The summed E-state index contributed by atoms with van der Waals surface area (Å²) in [7, 11) is 1.57. The van der Waals surface area contributed by atoms with E-state index in [0.717, 1.165) is 4.47 Å². The molecule has 0 bridgehead atoms. The van der Waals surface area contributed by atoms with Crippen molar-refractivity contribution in [3.63, 3.8) is 0 Å². The van der Waals surface area contributed by atoms with Crippen molar-refractivity contribution in [1.29, 1.82) is 0 Å². The Kier molecular flexibility index (Phi) is 3.23. The number of hydrogen-bond acceptors (Lipinski definition) is 3. The Balaban J connectivity index is 3.06. The third kappa shape index (κ3) is 2.12. The maximum atomic E-state index is 8.79. The highest BCUT2D eigenvalue weighted by atomic mass is 79.9. The Bertz CT molecular complexity index is 252. The molecule has 2 nitrogen and oxygen atoms in total. The van der Waals surface area contributed by atoms with E-state index in [-0.39, 0.29) is 0 Å². The molecule has 0 aromatic heterocycles. The molecule has 11 heavy (non-hydrogen) atoms. The zero-order chi connectivity index (χ0) is 8.27. The van der Waals surface area contributed by atoms with Gasteiger partial charge in [-0.3, -0.25) is 0 Å². The summed E-state index contributed by atoms with van der Waals surface area (Å²) in [5.41, 5.74) is 0. The van der Waals surface area contributed by atoms with Crippen molar-refractivity contribution < 1.29 is 9.29 Å². The number of halogens is 1. The van der Waals surface area contributed by atoms with Crippen LogP contribution in [0.4, 0.5) is 0 Å². The fraction of sp³-hybridized carbons (Fsp3) is 0.143. The lowest BCUT2D eigenvalue weighted by Gasteiger charge is -2.03. The summed E-state index contributed by atoms with van der Waals surface area (Å²) in [6.45, 7) is 0. The Morgan fingerprint density at radius 1 is 1.55 bits per heavy atom. The molecular formula is C7H7BrO2S. The van der Waals surface area contributed by atoms with E-state index in [1.54, 1.807) is 19.2 Å². The first kappa shape index (κ1) is 8.90. The average Bonchev–Trinajstić information content (AvgIpc) is 2.04. The maximum absolute atomic E-state index is 8.79. The monoisotopic (exact) mass is 234 g/mol. The van der Waals surface area contributed by atoms with Gasteiger partial charge in [-0.2, -0.15) is 0 Å². The smallest absolute Gasteiger partial charge is 0.134 e. The minimum atomic E-state index is 0.679. The van der Waals surface area contributed by atoms with Crippen molar-refractivity contribution >= 4 is 28.0 Å². The molecule has 0 aliphatic carbocycles. The van der Waals surface area contributed by atoms with Crippen LogP contribution in [0.3, 0.4) is 0 Å². The van der Waals surface area contributed by atoms with Crippen molar-refractivity contribution in [3.05, 3.63) is 22.7 Å². The van der Waals surface area contributed by atoms with Gasteiger partial charge in [0.05, 0.1) is 12.0 Å². The molecule has 0 atom stereocenters. The van der Waals surface area contributed by atoms with Crippen molar-refractivity contribution in [1.82, 2.24) is 0 Å². The van der Waals surface area contributed by atoms with Crippen LogP contribution in [-0.2, 0) is 0 Å². The van der Waals surface area contributed by atoms with Crippen LogP contribution in [0.15, 0.2) is 27.6 Å². The fourth-order valence-electron chi connectivity index (χ4n) is 0.722. The predicted molar refractivity (Wildman–Crippen MR) is 49.2 cm³/mol. The van der Waals surface area contributed by atoms with Gasteiger partial charge in [0.15, 0.2) is 0 Å². The van der Waals surface area contributed by atoms with E-state index in [0.29, 0.717) is 22.7 Å². The van der Waals surface area contributed by atoms with Crippen LogP contribution < -0.4 is 4.74 Å². The summed E-state index contributed by atoms with van der Waals surface area (Å²) in [6.07, 6.45) is 0. The standard InChI is InChI=1S/C7H7BrO2S/c1-10-6-3-2-5(8)4-7(6)11-9/h2-4,9H,1H3. The lowest BCUT2D eigenvalue weighted by atomic mass is 10.3. The number of rotatable bonds is 2. The van der Waals surface area contributed by atoms with E-state index in [9.17, 15) is 0 Å². The SMILES string of the molecule is COc1ccc(Br)cc1SO. The number of hydrogen-bond donors (Lipinski definition) is 1. The molecule has 1 aromatic carbocycles. The molecule has 0 radical (unpaired) electrons. The van der Waals surface area contributed by atoms with E-state index in [2.05, 4.69) is 15.9 Å². The number of benzene rings is 1. The molecule has 0 saturated heterocycles. The molecule has 0 aliphatic heterocycles. The van der Waals surface area contributed by atoms with Crippen LogP contribution >= 0.6 is 28.0 Å². The normalized spacial score (nSPS) is 9.73. The predicted octanol–water partition coefficient (Wildman–Crippen LogP) is 3.02. The zero-order valence-corrected chi connectivity index (χ0v) is 8.28. The number of methoxy groups -OCH3 is 1. The van der Waals surface area contributed by atoms with E-state index in [1.165, 1.54) is 0 Å². The summed E-state index contributed by atoms with van der Waals surface area (Å²) in [6, 6.07) is 5.45. The summed E-state index contributed by atoms with van der Waals surface area (Å²) in [5.74, 6) is 0.681. The summed E-state index contributed by atoms with van der Waals surface area (Å²) in [5, 5.41) is 0. The highest BCUT2D eigenvalue weighted by Crippen LogP contribution is 2.29. The van der Waals surface area contributed by atoms with Gasteiger partial charge in [0, 0.05) is 16.5 Å². The van der Waals surface area contributed by atoms with Gasteiger partial charge in [-0.1, -0.05) is 15.9 Å². The molecule has 1 rings (SSSR count). The second-order valence-electron chi connectivity index (χ2n) is 1.89. The Labute approximate surface area is 77.9 Å². The average molecular weight is 235 g/mol. The largest absolute Gasteiger partial charge is 0.495 e. The minimum Gasteiger partial charge on any atom is -0.495 e. The van der Waals surface area contributed by atoms with Gasteiger partial charge in [0.25, 0.3) is 0 Å². The van der Waals surface area contributed by atoms with Crippen LogP contribution in [0.25, 0.3) is 0 Å². The maximum Gasteiger partial charge on any atom is 0.134 e. The molecule has 0 heterocycles. The van der Waals surface area contributed by atoms with Crippen LogP contribution in [-0.4, -0.2) is 11.7 Å². The van der Waals surface area contributed by atoms with Gasteiger partial charge in [0.1, 0.15) is 5.75 Å². The van der Waals surface area contributed by atoms with Gasteiger partial charge >= 0.3 is 0 Å². The van der Waals surface area contributed by atoms with Crippen molar-refractivity contribution in [2.75, 3.05) is 7.11 Å². The summed E-state index contributed by atoms with van der Waals surface area (Å²) >= 11 is 3.97. The molecule has 0 fully saturated rings. The van der Waals surface area contributed by atoms with Crippen LogP contribution in [0.2, 0.25) is 0 Å². The lowest BCUT2D eigenvalue weighted by molar-refractivity contribution is 0.403. The molecule has 60 valence electrons. The first-order valence-electron chi connectivity index (χ1n) is 2.93. The molecule has 0 saturated carbocycles. The molecular weight excluding hydrogens is 228 g/mol. The van der Waals surface area contributed by atoms with Gasteiger partial charge in [-0.15, -0.1) is 0 Å². The molecule has 4 heteroatoms. The zero-order valence-electron chi connectivity index (χ0n) is 5.87. The molecule has 0 amide bonds. The highest BCUT2D eigenvalue weighted by Gasteiger charge is 2.01.